The molecule has 5 rings (SSSR count). The minimum Gasteiger partial charge on any atom is -0.497 e. The van der Waals surface area contributed by atoms with Gasteiger partial charge >= 0.3 is 0 Å². The fourth-order valence-corrected chi connectivity index (χ4v) is 6.12. The van der Waals surface area contributed by atoms with Gasteiger partial charge < -0.3 is 19.9 Å². The number of aromatic nitrogens is 1. The number of benzene rings is 2. The molecule has 2 aromatic carbocycles. The Labute approximate surface area is 233 Å². The standard InChI is InChI=1S/C33H43N3O3/c1-37-28-11-10-25-20-27(9-8-26(25)21-28)30-13-12-29(38-2)22-31(30)32(34)19-24-7-14-33(35-23-24)39-18-17-36-15-5-3-4-6-16-36/h7,10-14,21-23,27,32H,3-6,8-9,15-20,34H2,1-2H3. The normalized spacial score (nSPS) is 18.6. The molecule has 0 spiro atoms. The molecule has 1 aliphatic carbocycles. The van der Waals surface area contributed by atoms with Crippen molar-refractivity contribution in [3.63, 3.8) is 0 Å². The summed E-state index contributed by atoms with van der Waals surface area (Å²) in [6.07, 6.45) is 11.1. The molecule has 1 saturated heterocycles. The van der Waals surface area contributed by atoms with Crippen molar-refractivity contribution >= 4 is 0 Å². The largest absolute Gasteiger partial charge is 0.497 e. The number of pyridine rings is 1. The number of fused-ring (bicyclic) bond motifs is 1. The molecule has 1 aromatic heterocycles. The van der Waals surface area contributed by atoms with E-state index in [4.69, 9.17) is 19.9 Å². The maximum absolute atomic E-state index is 6.87. The van der Waals surface area contributed by atoms with Gasteiger partial charge in [0.05, 0.1) is 14.2 Å². The highest BCUT2D eigenvalue weighted by atomic mass is 16.5. The Kier molecular flexibility index (Phi) is 9.38. The number of nitrogens with two attached hydrogens (primary N) is 1. The van der Waals surface area contributed by atoms with Crippen molar-refractivity contribution in [1.29, 1.82) is 0 Å². The van der Waals surface area contributed by atoms with Crippen molar-refractivity contribution in [2.45, 2.75) is 63.3 Å². The number of methoxy groups -OCH3 is 2. The van der Waals surface area contributed by atoms with Crippen LogP contribution in [0, 0.1) is 0 Å². The lowest BCUT2D eigenvalue weighted by atomic mass is 9.77. The second-order valence-corrected chi connectivity index (χ2v) is 11.0. The van der Waals surface area contributed by atoms with Gasteiger partial charge in [0.25, 0.3) is 0 Å². The van der Waals surface area contributed by atoms with Crippen LogP contribution in [0.4, 0.5) is 0 Å². The number of rotatable bonds is 10. The highest BCUT2D eigenvalue weighted by Gasteiger charge is 2.25. The van der Waals surface area contributed by atoms with E-state index < -0.39 is 0 Å². The summed E-state index contributed by atoms with van der Waals surface area (Å²) < 4.78 is 17.0. The van der Waals surface area contributed by atoms with Crippen LogP contribution in [-0.4, -0.2) is 50.3 Å². The van der Waals surface area contributed by atoms with E-state index in [2.05, 4.69) is 52.3 Å². The van der Waals surface area contributed by atoms with E-state index in [1.165, 1.54) is 55.5 Å². The van der Waals surface area contributed by atoms with Crippen molar-refractivity contribution in [1.82, 2.24) is 9.88 Å². The number of hydrogen-bond donors (Lipinski definition) is 1. The number of likely N-dealkylation sites (tertiary alicyclic amines) is 1. The molecular weight excluding hydrogens is 486 g/mol. The molecule has 208 valence electrons. The first-order valence-electron chi connectivity index (χ1n) is 14.5. The molecule has 2 heterocycles. The van der Waals surface area contributed by atoms with Gasteiger partial charge in [-0.2, -0.15) is 0 Å². The second kappa shape index (κ2) is 13.3. The lowest BCUT2D eigenvalue weighted by Gasteiger charge is -2.29. The monoisotopic (exact) mass is 529 g/mol. The van der Waals surface area contributed by atoms with Gasteiger partial charge in [0.1, 0.15) is 18.1 Å². The summed E-state index contributed by atoms with van der Waals surface area (Å²) in [7, 11) is 3.44. The predicted octanol–water partition coefficient (Wildman–Crippen LogP) is 5.87. The highest BCUT2D eigenvalue weighted by Crippen LogP contribution is 2.38. The maximum atomic E-state index is 6.87. The van der Waals surface area contributed by atoms with Gasteiger partial charge in [-0.3, -0.25) is 4.90 Å². The molecule has 1 fully saturated rings. The van der Waals surface area contributed by atoms with Crippen molar-refractivity contribution in [2.75, 3.05) is 40.5 Å². The van der Waals surface area contributed by atoms with Crippen LogP contribution in [0.25, 0.3) is 0 Å². The quantitative estimate of drug-likeness (QED) is 0.354. The van der Waals surface area contributed by atoms with Crippen molar-refractivity contribution in [3.05, 3.63) is 82.5 Å². The lowest BCUT2D eigenvalue weighted by molar-refractivity contribution is 0.209. The van der Waals surface area contributed by atoms with Crippen LogP contribution in [0.5, 0.6) is 17.4 Å². The molecule has 2 atom stereocenters. The van der Waals surface area contributed by atoms with Gasteiger partial charge in [-0.15, -0.1) is 0 Å². The molecule has 2 unspecified atom stereocenters. The molecule has 0 amide bonds. The summed E-state index contributed by atoms with van der Waals surface area (Å²) in [5.74, 6) is 2.89. The van der Waals surface area contributed by atoms with Gasteiger partial charge in [-0.05, 0) is 110 Å². The van der Waals surface area contributed by atoms with E-state index in [0.717, 1.165) is 48.4 Å². The van der Waals surface area contributed by atoms with E-state index in [-0.39, 0.29) is 6.04 Å². The second-order valence-electron chi connectivity index (χ2n) is 11.0. The zero-order valence-electron chi connectivity index (χ0n) is 23.5. The third-order valence-corrected chi connectivity index (χ3v) is 8.38. The first-order valence-corrected chi connectivity index (χ1v) is 14.5. The summed E-state index contributed by atoms with van der Waals surface area (Å²) in [5, 5.41) is 0. The summed E-state index contributed by atoms with van der Waals surface area (Å²) in [6, 6.07) is 16.8. The number of hydrogen-bond acceptors (Lipinski definition) is 6. The summed E-state index contributed by atoms with van der Waals surface area (Å²) in [5.41, 5.74) is 13.3. The van der Waals surface area contributed by atoms with Crippen LogP contribution >= 0.6 is 0 Å². The van der Waals surface area contributed by atoms with Gasteiger partial charge in [-0.25, -0.2) is 4.98 Å². The average Bonchev–Trinajstić information content (AvgIpc) is 3.26. The molecule has 39 heavy (non-hydrogen) atoms. The molecule has 0 bridgehead atoms. The Morgan fingerprint density at radius 1 is 0.923 bits per heavy atom. The fourth-order valence-electron chi connectivity index (χ4n) is 6.12. The van der Waals surface area contributed by atoms with Crippen molar-refractivity contribution in [2.24, 2.45) is 5.73 Å². The van der Waals surface area contributed by atoms with E-state index in [9.17, 15) is 0 Å². The zero-order valence-corrected chi connectivity index (χ0v) is 23.5. The minimum absolute atomic E-state index is 0.149. The summed E-state index contributed by atoms with van der Waals surface area (Å²) in [4.78, 5) is 7.09. The van der Waals surface area contributed by atoms with Crippen LogP contribution in [0.1, 0.15) is 71.9 Å². The molecular formula is C33H43N3O3. The van der Waals surface area contributed by atoms with E-state index in [0.29, 0.717) is 24.8 Å². The molecule has 0 radical (unpaired) electrons. The Balaban J connectivity index is 1.23. The van der Waals surface area contributed by atoms with E-state index in [1.807, 2.05) is 12.3 Å². The third kappa shape index (κ3) is 7.11. The first-order chi connectivity index (χ1) is 19.1. The number of aryl methyl sites for hydroxylation is 1. The summed E-state index contributed by atoms with van der Waals surface area (Å²) in [6.45, 7) is 4.01. The topological polar surface area (TPSA) is 69.8 Å². The van der Waals surface area contributed by atoms with Crippen LogP contribution in [0.15, 0.2) is 54.7 Å². The molecule has 0 saturated carbocycles. The Bertz CT molecular complexity index is 1210. The molecule has 2 aliphatic rings. The summed E-state index contributed by atoms with van der Waals surface area (Å²) >= 11 is 0. The van der Waals surface area contributed by atoms with E-state index in [1.54, 1.807) is 14.2 Å². The van der Waals surface area contributed by atoms with Gasteiger partial charge in [0.2, 0.25) is 5.88 Å². The van der Waals surface area contributed by atoms with Crippen LogP contribution in [0.2, 0.25) is 0 Å². The zero-order chi connectivity index (χ0) is 27.0. The van der Waals surface area contributed by atoms with Crippen molar-refractivity contribution in [3.8, 4) is 17.4 Å². The average molecular weight is 530 g/mol. The van der Waals surface area contributed by atoms with Crippen molar-refractivity contribution < 1.29 is 14.2 Å². The predicted molar refractivity (Wildman–Crippen MR) is 156 cm³/mol. The third-order valence-electron chi connectivity index (χ3n) is 8.38. The van der Waals surface area contributed by atoms with E-state index >= 15 is 0 Å². The SMILES string of the molecule is COc1ccc2c(c1)CCC(c1ccc(OC)cc1C(N)Cc1ccc(OCCN3CCCCCC3)nc1)C2. The molecule has 2 N–H and O–H groups in total. The molecule has 1 aliphatic heterocycles. The molecule has 6 heteroatoms. The number of nitrogens with zero attached hydrogens (tertiary/aromatic N) is 2. The van der Waals surface area contributed by atoms with Crippen LogP contribution in [-0.2, 0) is 19.3 Å². The maximum Gasteiger partial charge on any atom is 0.213 e. The van der Waals surface area contributed by atoms with Crippen LogP contribution < -0.4 is 19.9 Å². The van der Waals surface area contributed by atoms with Gasteiger partial charge in [0, 0.05) is 24.8 Å². The van der Waals surface area contributed by atoms with Crippen LogP contribution in [0.3, 0.4) is 0 Å². The minimum atomic E-state index is -0.149. The first kappa shape index (κ1) is 27.5. The smallest absolute Gasteiger partial charge is 0.213 e. The molecule has 3 aromatic rings. The van der Waals surface area contributed by atoms with Gasteiger partial charge in [-0.1, -0.05) is 31.0 Å². The highest BCUT2D eigenvalue weighted by molar-refractivity contribution is 5.44. The Morgan fingerprint density at radius 2 is 1.69 bits per heavy atom. The van der Waals surface area contributed by atoms with Gasteiger partial charge in [0.15, 0.2) is 0 Å². The fraction of sp³-hybridized carbons (Fsp3) is 0.485. The Hall–Kier alpha value is -3.09. The Morgan fingerprint density at radius 3 is 2.44 bits per heavy atom. The molecule has 6 nitrogen and oxygen atoms in total. The lowest BCUT2D eigenvalue weighted by Crippen LogP contribution is -2.29. The number of ether oxygens (including phenoxy) is 3.